The van der Waals surface area contributed by atoms with Crippen molar-refractivity contribution in [1.29, 1.82) is 0 Å². The predicted molar refractivity (Wildman–Crippen MR) is 81.4 cm³/mol. The van der Waals surface area contributed by atoms with Gasteiger partial charge in [-0.1, -0.05) is 29.8 Å². The lowest BCUT2D eigenvalue weighted by Crippen LogP contribution is -2.10. The van der Waals surface area contributed by atoms with Crippen molar-refractivity contribution in [2.75, 3.05) is 0 Å². The van der Waals surface area contributed by atoms with E-state index < -0.39 is 11.9 Å². The fraction of sp³-hybridized carbons (Fsp3) is 0.0667. The van der Waals surface area contributed by atoms with Gasteiger partial charge in [0.15, 0.2) is 11.4 Å². The highest BCUT2D eigenvalue weighted by molar-refractivity contribution is 9.10. The third-order valence-corrected chi connectivity index (χ3v) is 4.36. The Morgan fingerprint density at radius 2 is 2.00 bits per heavy atom. The second kappa shape index (κ2) is 5.20. The quantitative estimate of drug-likeness (QED) is 0.700. The highest BCUT2D eigenvalue weighted by Gasteiger charge is 2.16. The largest absolute Gasteiger partial charge is 0.456 e. The zero-order valence-electron chi connectivity index (χ0n) is 10.2. The highest BCUT2D eigenvalue weighted by atomic mass is 79.9. The molecular formula is C15H10BrClFNO. The van der Waals surface area contributed by atoms with Crippen LogP contribution in [0.15, 0.2) is 51.4 Å². The molecule has 0 aliphatic carbocycles. The lowest BCUT2D eigenvalue weighted by atomic mass is 10.1. The second-order valence-corrected chi connectivity index (χ2v) is 5.72. The van der Waals surface area contributed by atoms with Crippen molar-refractivity contribution in [2.45, 2.75) is 6.04 Å². The van der Waals surface area contributed by atoms with E-state index in [2.05, 4.69) is 15.9 Å². The molecule has 2 N–H and O–H groups in total. The molecule has 1 unspecified atom stereocenters. The summed E-state index contributed by atoms with van der Waals surface area (Å²) in [7, 11) is 0. The van der Waals surface area contributed by atoms with E-state index in [0.717, 1.165) is 10.0 Å². The number of nitrogens with two attached hydrogens (primary N) is 1. The number of rotatable bonds is 2. The van der Waals surface area contributed by atoms with E-state index >= 15 is 0 Å². The van der Waals surface area contributed by atoms with Crippen molar-refractivity contribution in [3.8, 4) is 0 Å². The molecule has 0 aliphatic heterocycles. The number of para-hydroxylation sites is 1. The summed E-state index contributed by atoms with van der Waals surface area (Å²) in [5.74, 6) is 0.110. The lowest BCUT2D eigenvalue weighted by molar-refractivity contribution is 0.502. The Kier molecular flexibility index (Phi) is 3.54. The second-order valence-electron chi connectivity index (χ2n) is 4.46. The normalized spacial score (nSPS) is 12.8. The molecule has 2 nitrogen and oxygen atoms in total. The minimum atomic E-state index is -0.493. The Morgan fingerprint density at radius 3 is 2.70 bits per heavy atom. The molecule has 0 bridgehead atoms. The average molecular weight is 355 g/mol. The van der Waals surface area contributed by atoms with Crippen molar-refractivity contribution in [3.63, 3.8) is 0 Å². The maximum absolute atomic E-state index is 13.6. The summed E-state index contributed by atoms with van der Waals surface area (Å²) in [6, 6.07) is 11.5. The minimum absolute atomic E-state index is 0.223. The van der Waals surface area contributed by atoms with E-state index in [1.165, 1.54) is 6.07 Å². The van der Waals surface area contributed by atoms with Gasteiger partial charge in [-0.05, 0) is 45.8 Å². The molecule has 1 atom stereocenters. The number of fused-ring (bicyclic) bond motifs is 1. The lowest BCUT2D eigenvalue weighted by Gasteiger charge is -2.10. The van der Waals surface area contributed by atoms with Crippen LogP contribution in [0.4, 0.5) is 4.39 Å². The maximum atomic E-state index is 13.6. The van der Waals surface area contributed by atoms with Crippen LogP contribution in [0.25, 0.3) is 11.0 Å². The van der Waals surface area contributed by atoms with E-state index in [-0.39, 0.29) is 5.58 Å². The zero-order chi connectivity index (χ0) is 14.3. The molecule has 1 aromatic heterocycles. The summed E-state index contributed by atoms with van der Waals surface area (Å²) in [6.45, 7) is 0. The zero-order valence-corrected chi connectivity index (χ0v) is 12.6. The maximum Gasteiger partial charge on any atom is 0.169 e. The summed E-state index contributed by atoms with van der Waals surface area (Å²) in [6.07, 6.45) is 0. The SMILES string of the molecule is NC(c1ccc(Br)c(Cl)c1)c1cc2cccc(F)c2o1. The van der Waals surface area contributed by atoms with Crippen LogP contribution >= 0.6 is 27.5 Å². The molecule has 5 heteroatoms. The van der Waals surface area contributed by atoms with Crippen molar-refractivity contribution in [1.82, 2.24) is 0 Å². The third-order valence-electron chi connectivity index (χ3n) is 3.12. The fourth-order valence-electron chi connectivity index (χ4n) is 2.07. The molecule has 0 aliphatic rings. The molecule has 20 heavy (non-hydrogen) atoms. The number of benzene rings is 2. The van der Waals surface area contributed by atoms with Gasteiger partial charge in [0.2, 0.25) is 0 Å². The Bertz CT molecular complexity index is 787. The van der Waals surface area contributed by atoms with Crippen LogP contribution in [-0.4, -0.2) is 0 Å². The molecular weight excluding hydrogens is 345 g/mol. The van der Waals surface area contributed by atoms with Gasteiger partial charge in [0.05, 0.1) is 11.1 Å². The summed E-state index contributed by atoms with van der Waals surface area (Å²) in [4.78, 5) is 0. The van der Waals surface area contributed by atoms with Gasteiger partial charge >= 0.3 is 0 Å². The minimum Gasteiger partial charge on any atom is -0.456 e. The van der Waals surface area contributed by atoms with Crippen molar-refractivity contribution in [3.05, 3.63) is 69.1 Å². The molecule has 0 radical (unpaired) electrons. The van der Waals surface area contributed by atoms with E-state index in [1.54, 1.807) is 24.3 Å². The van der Waals surface area contributed by atoms with Crippen LogP contribution in [0, 0.1) is 5.82 Å². The Hall–Kier alpha value is -1.36. The summed E-state index contributed by atoms with van der Waals surface area (Å²) in [5.41, 5.74) is 7.19. The van der Waals surface area contributed by atoms with Crippen molar-refractivity contribution in [2.24, 2.45) is 5.73 Å². The Balaban J connectivity index is 2.05. The Labute approximate surface area is 128 Å². The molecule has 2 aromatic carbocycles. The van der Waals surface area contributed by atoms with Gasteiger partial charge < -0.3 is 10.2 Å². The average Bonchev–Trinajstić information content (AvgIpc) is 2.86. The van der Waals surface area contributed by atoms with E-state index in [4.69, 9.17) is 21.8 Å². The molecule has 1 heterocycles. The number of furan rings is 1. The molecule has 0 saturated carbocycles. The Morgan fingerprint density at radius 1 is 1.20 bits per heavy atom. The molecule has 0 amide bonds. The van der Waals surface area contributed by atoms with Crippen LogP contribution in [-0.2, 0) is 0 Å². The van der Waals surface area contributed by atoms with Gasteiger partial charge in [-0.15, -0.1) is 0 Å². The summed E-state index contributed by atoms with van der Waals surface area (Å²) >= 11 is 9.38. The first-order valence-corrected chi connectivity index (χ1v) is 7.12. The van der Waals surface area contributed by atoms with Crippen molar-refractivity contribution >= 4 is 38.5 Å². The molecule has 0 saturated heterocycles. The topological polar surface area (TPSA) is 39.2 Å². The summed E-state index contributed by atoms with van der Waals surface area (Å²) < 4.78 is 19.9. The molecule has 0 fully saturated rings. The highest BCUT2D eigenvalue weighted by Crippen LogP contribution is 2.31. The van der Waals surface area contributed by atoms with E-state index in [9.17, 15) is 4.39 Å². The summed E-state index contributed by atoms with van der Waals surface area (Å²) in [5, 5.41) is 1.26. The van der Waals surface area contributed by atoms with Crippen LogP contribution in [0.5, 0.6) is 0 Å². The first-order valence-electron chi connectivity index (χ1n) is 5.95. The van der Waals surface area contributed by atoms with Crippen LogP contribution in [0.3, 0.4) is 0 Å². The van der Waals surface area contributed by atoms with Gasteiger partial charge in [0.1, 0.15) is 5.76 Å². The van der Waals surface area contributed by atoms with Crippen molar-refractivity contribution < 1.29 is 8.81 Å². The van der Waals surface area contributed by atoms with Crippen LogP contribution < -0.4 is 5.73 Å². The van der Waals surface area contributed by atoms with Gasteiger partial charge in [0, 0.05) is 9.86 Å². The smallest absolute Gasteiger partial charge is 0.169 e. The number of hydrogen-bond acceptors (Lipinski definition) is 2. The van der Waals surface area contributed by atoms with Crippen LogP contribution in [0.2, 0.25) is 5.02 Å². The molecule has 3 rings (SSSR count). The molecule has 0 spiro atoms. The monoisotopic (exact) mass is 353 g/mol. The fourth-order valence-corrected chi connectivity index (χ4v) is 2.51. The van der Waals surface area contributed by atoms with E-state index in [0.29, 0.717) is 16.2 Å². The molecule has 102 valence electrons. The van der Waals surface area contributed by atoms with Crippen LogP contribution in [0.1, 0.15) is 17.4 Å². The first-order chi connectivity index (χ1) is 9.56. The number of hydrogen-bond donors (Lipinski definition) is 1. The van der Waals surface area contributed by atoms with Gasteiger partial charge in [-0.25, -0.2) is 4.39 Å². The number of halogens is 3. The predicted octanol–water partition coefficient (Wildman–Crippen LogP) is 5.04. The third kappa shape index (κ3) is 2.35. The van der Waals surface area contributed by atoms with Gasteiger partial charge in [-0.3, -0.25) is 0 Å². The molecule has 3 aromatic rings. The van der Waals surface area contributed by atoms with E-state index in [1.807, 2.05) is 12.1 Å². The van der Waals surface area contributed by atoms with Gasteiger partial charge in [-0.2, -0.15) is 0 Å². The first kappa shape index (κ1) is 13.6. The standard InChI is InChI=1S/C15H10BrClFNO/c16-10-5-4-8(6-11(10)17)14(19)13-7-9-2-1-3-12(18)15(9)20-13/h1-7,14H,19H2. The van der Waals surface area contributed by atoms with Gasteiger partial charge in [0.25, 0.3) is 0 Å².